The Morgan fingerprint density at radius 3 is 2.13 bits per heavy atom. The summed E-state index contributed by atoms with van der Waals surface area (Å²) in [4.78, 5) is 2.59. The number of fused-ring (bicyclic) bond motifs is 9. The number of aromatic nitrogens is 1. The van der Waals surface area contributed by atoms with Crippen LogP contribution in [-0.2, 0) is 5.41 Å². The lowest BCUT2D eigenvalue weighted by Crippen LogP contribution is -2.27. The van der Waals surface area contributed by atoms with Gasteiger partial charge in [0.05, 0.1) is 22.8 Å². The summed E-state index contributed by atoms with van der Waals surface area (Å²) < 4.78 is 2.44. The maximum absolute atomic E-state index is 2.59. The van der Waals surface area contributed by atoms with Crippen LogP contribution in [-0.4, -0.2) is 10.6 Å². The van der Waals surface area contributed by atoms with Crippen LogP contribution in [0.15, 0.2) is 176 Å². The Morgan fingerprint density at radius 2 is 1.23 bits per heavy atom. The SMILES string of the molecule is CC1(C)c2ccccc2-c2cc(N3c4ccc(-c5ccc6c(c5)c5ccccc5n6-c5ccccc5-c5ccccc5)cc4C4=CC=CCC43)ccc21. The normalized spacial score (nSPS) is 16.4. The summed E-state index contributed by atoms with van der Waals surface area (Å²) in [6.07, 6.45) is 7.88. The first-order valence-corrected chi connectivity index (χ1v) is 18.8. The molecule has 53 heavy (non-hydrogen) atoms. The molecule has 8 aromatic rings. The highest BCUT2D eigenvalue weighted by molar-refractivity contribution is 6.11. The fourth-order valence-electron chi connectivity index (χ4n) is 9.58. The molecule has 0 saturated carbocycles. The van der Waals surface area contributed by atoms with Gasteiger partial charge in [-0.2, -0.15) is 0 Å². The lowest BCUT2D eigenvalue weighted by Gasteiger charge is -2.29. The summed E-state index contributed by atoms with van der Waals surface area (Å²) in [5, 5.41) is 2.53. The zero-order valence-corrected chi connectivity index (χ0v) is 29.9. The van der Waals surface area contributed by atoms with Crippen molar-refractivity contribution in [2.45, 2.75) is 31.7 Å². The molecule has 7 aromatic carbocycles. The highest BCUT2D eigenvalue weighted by Crippen LogP contribution is 2.53. The van der Waals surface area contributed by atoms with E-state index in [1.165, 1.54) is 94.5 Å². The van der Waals surface area contributed by atoms with Gasteiger partial charge >= 0.3 is 0 Å². The zero-order valence-electron chi connectivity index (χ0n) is 29.9. The van der Waals surface area contributed by atoms with Gasteiger partial charge in [-0.1, -0.05) is 141 Å². The highest BCUT2D eigenvalue weighted by atomic mass is 15.2. The molecule has 0 saturated heterocycles. The van der Waals surface area contributed by atoms with Crippen molar-refractivity contribution in [1.29, 1.82) is 0 Å². The first-order chi connectivity index (χ1) is 26.1. The van der Waals surface area contributed by atoms with Crippen LogP contribution < -0.4 is 4.90 Å². The van der Waals surface area contributed by atoms with Gasteiger partial charge in [-0.3, -0.25) is 0 Å². The maximum Gasteiger partial charge on any atom is 0.0632 e. The van der Waals surface area contributed by atoms with Crippen LogP contribution in [0.2, 0.25) is 0 Å². The number of anilines is 2. The van der Waals surface area contributed by atoms with Crippen molar-refractivity contribution in [2.75, 3.05) is 4.90 Å². The Kier molecular flexibility index (Phi) is 6.46. The van der Waals surface area contributed by atoms with Crippen LogP contribution in [0.1, 0.15) is 37.0 Å². The average molecular weight is 679 g/mol. The molecule has 0 spiro atoms. The van der Waals surface area contributed by atoms with Crippen LogP contribution in [0.25, 0.3) is 66.4 Å². The molecule has 2 nitrogen and oxygen atoms in total. The molecular formula is C51H38N2. The summed E-state index contributed by atoms with van der Waals surface area (Å²) in [7, 11) is 0. The number of nitrogens with zero attached hydrogens (tertiary/aromatic N) is 2. The Morgan fingerprint density at radius 1 is 0.509 bits per heavy atom. The van der Waals surface area contributed by atoms with Crippen molar-refractivity contribution in [3.63, 3.8) is 0 Å². The van der Waals surface area contributed by atoms with E-state index in [1.54, 1.807) is 0 Å². The minimum absolute atomic E-state index is 0.000398. The van der Waals surface area contributed by atoms with Gasteiger partial charge in [-0.25, -0.2) is 0 Å². The Labute approximate surface area is 310 Å². The minimum atomic E-state index is -0.000398. The van der Waals surface area contributed by atoms with Gasteiger partial charge in [-0.15, -0.1) is 0 Å². The van der Waals surface area contributed by atoms with E-state index < -0.39 is 0 Å². The Balaban J connectivity index is 1.04. The van der Waals surface area contributed by atoms with Gasteiger partial charge in [0.1, 0.15) is 0 Å². The molecule has 0 radical (unpaired) electrons. The number of hydrogen-bond acceptors (Lipinski definition) is 1. The van der Waals surface area contributed by atoms with E-state index in [2.05, 4.69) is 199 Å². The summed E-state index contributed by atoms with van der Waals surface area (Å²) in [6.45, 7) is 4.71. The lowest BCUT2D eigenvalue weighted by molar-refractivity contribution is 0.660. The fourth-order valence-corrected chi connectivity index (χ4v) is 9.58. The molecule has 0 N–H and O–H groups in total. The minimum Gasteiger partial charge on any atom is -0.333 e. The number of allylic oxidation sites excluding steroid dienone is 2. The summed E-state index contributed by atoms with van der Waals surface area (Å²) in [5.41, 5.74) is 19.4. The number of rotatable bonds is 4. The Hall–Kier alpha value is -6.38. The summed E-state index contributed by atoms with van der Waals surface area (Å²) in [5.74, 6) is 0. The van der Waals surface area contributed by atoms with Gasteiger partial charge in [0, 0.05) is 38.7 Å². The molecule has 2 aliphatic carbocycles. The lowest BCUT2D eigenvalue weighted by atomic mass is 9.82. The van der Waals surface area contributed by atoms with E-state index in [-0.39, 0.29) is 11.5 Å². The monoisotopic (exact) mass is 678 g/mol. The quantitative estimate of drug-likeness (QED) is 0.180. The van der Waals surface area contributed by atoms with Crippen LogP contribution in [0.5, 0.6) is 0 Å². The third kappa shape index (κ3) is 4.39. The van der Waals surface area contributed by atoms with Gasteiger partial charge in [0.15, 0.2) is 0 Å². The zero-order chi connectivity index (χ0) is 35.3. The molecular weight excluding hydrogens is 641 g/mol. The molecule has 1 aliphatic heterocycles. The molecule has 2 heterocycles. The van der Waals surface area contributed by atoms with E-state index >= 15 is 0 Å². The second kappa shape index (κ2) is 11.3. The second-order valence-corrected chi connectivity index (χ2v) is 15.3. The average Bonchev–Trinajstić information content (AvgIpc) is 3.80. The first kappa shape index (κ1) is 30.3. The number of benzene rings is 7. The Bertz CT molecular complexity index is 2850. The van der Waals surface area contributed by atoms with Gasteiger partial charge in [0.2, 0.25) is 0 Å². The van der Waals surface area contributed by atoms with E-state index in [1.807, 2.05) is 0 Å². The molecule has 0 fully saturated rings. The predicted molar refractivity (Wildman–Crippen MR) is 223 cm³/mol. The molecule has 1 atom stereocenters. The molecule has 252 valence electrons. The van der Waals surface area contributed by atoms with E-state index in [4.69, 9.17) is 0 Å². The van der Waals surface area contributed by atoms with E-state index in [9.17, 15) is 0 Å². The second-order valence-electron chi connectivity index (χ2n) is 15.3. The fraction of sp³-hybridized carbons (Fsp3) is 0.0980. The summed E-state index contributed by atoms with van der Waals surface area (Å²) in [6, 6.07) is 58.9. The van der Waals surface area contributed by atoms with Crippen molar-refractivity contribution >= 4 is 38.8 Å². The number of para-hydroxylation sites is 2. The van der Waals surface area contributed by atoms with E-state index in [0.29, 0.717) is 0 Å². The molecule has 2 heteroatoms. The topological polar surface area (TPSA) is 8.17 Å². The van der Waals surface area contributed by atoms with Crippen LogP contribution in [0.3, 0.4) is 0 Å². The third-order valence-electron chi connectivity index (χ3n) is 12.1. The summed E-state index contributed by atoms with van der Waals surface area (Å²) >= 11 is 0. The molecule has 0 bridgehead atoms. The predicted octanol–water partition coefficient (Wildman–Crippen LogP) is 13.3. The van der Waals surface area contributed by atoms with Gasteiger partial charge in [-0.05, 0) is 99.5 Å². The van der Waals surface area contributed by atoms with Crippen LogP contribution >= 0.6 is 0 Å². The van der Waals surface area contributed by atoms with Crippen LogP contribution in [0.4, 0.5) is 11.4 Å². The third-order valence-corrected chi connectivity index (χ3v) is 12.1. The van der Waals surface area contributed by atoms with Crippen molar-refractivity contribution in [1.82, 2.24) is 4.57 Å². The highest BCUT2D eigenvalue weighted by Gasteiger charge is 2.38. The smallest absolute Gasteiger partial charge is 0.0632 e. The van der Waals surface area contributed by atoms with E-state index in [0.717, 1.165) is 6.42 Å². The largest absolute Gasteiger partial charge is 0.333 e. The molecule has 1 unspecified atom stereocenters. The first-order valence-electron chi connectivity index (χ1n) is 18.8. The molecule has 3 aliphatic rings. The van der Waals surface area contributed by atoms with Gasteiger partial charge < -0.3 is 9.47 Å². The molecule has 1 aromatic heterocycles. The molecule has 0 amide bonds. The van der Waals surface area contributed by atoms with Crippen molar-refractivity contribution < 1.29 is 0 Å². The van der Waals surface area contributed by atoms with Crippen molar-refractivity contribution in [3.8, 4) is 39.1 Å². The number of hydrogen-bond donors (Lipinski definition) is 0. The van der Waals surface area contributed by atoms with Gasteiger partial charge in [0.25, 0.3) is 0 Å². The van der Waals surface area contributed by atoms with Crippen molar-refractivity contribution in [2.24, 2.45) is 0 Å². The standard InChI is InChI=1S/C51H38N2/c1-51(2)44-20-10-6-17-38(44)41-32-36(26-27-45(41)51)52-47-22-12-8-18-39(47)42-30-34(24-28-49(42)52)35-25-29-50-43(31-35)40-19-9-13-23-48(40)53(50)46-21-11-7-16-37(46)33-14-4-3-5-15-33/h3-21,23-32,47H,22H2,1-2H3. The maximum atomic E-state index is 2.59. The van der Waals surface area contributed by atoms with Crippen molar-refractivity contribution in [3.05, 3.63) is 193 Å². The van der Waals surface area contributed by atoms with Crippen LogP contribution in [0, 0.1) is 0 Å². The molecule has 11 rings (SSSR count).